The molecule has 3 aliphatic rings. The summed E-state index contributed by atoms with van der Waals surface area (Å²) >= 11 is 0. The van der Waals surface area contributed by atoms with Crippen molar-refractivity contribution in [2.75, 3.05) is 5.32 Å². The molecule has 0 bridgehead atoms. The Morgan fingerprint density at radius 2 is 1.81 bits per heavy atom. The first-order chi connectivity index (χ1) is 15.7. The average molecular weight is 421 g/mol. The van der Waals surface area contributed by atoms with E-state index in [0.29, 0.717) is 6.04 Å². The highest BCUT2D eigenvalue weighted by Gasteiger charge is 2.21. The first-order valence-electron chi connectivity index (χ1n) is 10.7. The van der Waals surface area contributed by atoms with E-state index in [4.69, 9.17) is 9.98 Å². The van der Waals surface area contributed by atoms with E-state index in [9.17, 15) is 4.39 Å². The Balaban J connectivity index is 1.64. The zero-order chi connectivity index (χ0) is 21.5. The van der Waals surface area contributed by atoms with Crippen LogP contribution in [0.25, 0.3) is 28.1 Å². The molecule has 2 aliphatic carbocycles. The second-order valence-corrected chi connectivity index (χ2v) is 8.00. The molecule has 0 unspecified atom stereocenters. The number of nitrogens with one attached hydrogen (secondary N) is 1. The quantitative estimate of drug-likeness (QED) is 0.392. The fourth-order valence-corrected chi connectivity index (χ4v) is 3.91. The number of halogens is 1. The Kier molecular flexibility index (Phi) is 4.42. The molecule has 0 atom stereocenters. The molecule has 1 N–H and O–H groups in total. The van der Waals surface area contributed by atoms with Gasteiger partial charge in [0.25, 0.3) is 0 Å². The van der Waals surface area contributed by atoms with E-state index in [0.717, 1.165) is 57.7 Å². The van der Waals surface area contributed by atoms with Crippen molar-refractivity contribution in [2.24, 2.45) is 4.99 Å². The van der Waals surface area contributed by atoms with Crippen molar-refractivity contribution in [3.05, 3.63) is 96.4 Å². The molecule has 1 fully saturated rings. The zero-order valence-electron chi connectivity index (χ0n) is 17.2. The highest BCUT2D eigenvalue weighted by molar-refractivity contribution is 5.84. The van der Waals surface area contributed by atoms with E-state index in [1.807, 2.05) is 42.5 Å². The van der Waals surface area contributed by atoms with Crippen LogP contribution in [0, 0.1) is 5.82 Å². The van der Waals surface area contributed by atoms with Gasteiger partial charge in [0.2, 0.25) is 0 Å². The van der Waals surface area contributed by atoms with Gasteiger partial charge in [-0.3, -0.25) is 9.98 Å². The fourth-order valence-electron chi connectivity index (χ4n) is 3.91. The SMILES string of the molecule is Fc1ccc(-n2c3cc(=NC4CC4)c(Nc4cccnc4)cc-3nc3ccccc32)cc1. The van der Waals surface area contributed by atoms with Crippen LogP contribution >= 0.6 is 0 Å². The minimum atomic E-state index is -0.260. The minimum absolute atomic E-state index is 0.260. The Labute approximate surface area is 184 Å². The molecule has 0 amide bonds. The summed E-state index contributed by atoms with van der Waals surface area (Å²) in [5, 5.41) is 4.34. The van der Waals surface area contributed by atoms with Crippen molar-refractivity contribution < 1.29 is 4.39 Å². The van der Waals surface area contributed by atoms with Crippen LogP contribution in [0.4, 0.5) is 15.8 Å². The lowest BCUT2D eigenvalue weighted by atomic mass is 10.1. The molecular weight excluding hydrogens is 401 g/mol. The third-order valence-electron chi connectivity index (χ3n) is 5.59. The van der Waals surface area contributed by atoms with Gasteiger partial charge in [-0.2, -0.15) is 0 Å². The Bertz CT molecular complexity index is 1450. The predicted octanol–water partition coefficient (Wildman–Crippen LogP) is 5.47. The van der Waals surface area contributed by atoms with E-state index in [-0.39, 0.29) is 5.82 Å². The first-order valence-corrected chi connectivity index (χ1v) is 10.7. The smallest absolute Gasteiger partial charge is 0.123 e. The van der Waals surface area contributed by atoms with E-state index >= 15 is 0 Å². The summed E-state index contributed by atoms with van der Waals surface area (Å²) in [4.78, 5) is 14.1. The number of nitrogens with zero attached hydrogens (tertiary/aromatic N) is 4. The van der Waals surface area contributed by atoms with Gasteiger partial charge in [-0.1, -0.05) is 12.1 Å². The summed E-state index contributed by atoms with van der Waals surface area (Å²) in [6, 6.07) is 22.9. The molecule has 2 aromatic carbocycles. The van der Waals surface area contributed by atoms with Gasteiger partial charge in [0.15, 0.2) is 0 Å². The number of benzene rings is 3. The highest BCUT2D eigenvalue weighted by atomic mass is 19.1. The van der Waals surface area contributed by atoms with Gasteiger partial charge in [0, 0.05) is 11.9 Å². The van der Waals surface area contributed by atoms with Crippen LogP contribution in [0.5, 0.6) is 0 Å². The number of hydrogen-bond donors (Lipinski definition) is 1. The summed E-state index contributed by atoms with van der Waals surface area (Å²) in [5.74, 6) is -0.260. The van der Waals surface area contributed by atoms with Crippen LogP contribution in [0.1, 0.15) is 12.8 Å². The maximum absolute atomic E-state index is 13.7. The molecule has 6 heteroatoms. The largest absolute Gasteiger partial charge is 0.352 e. The average Bonchev–Trinajstić information content (AvgIpc) is 3.64. The van der Waals surface area contributed by atoms with Gasteiger partial charge in [0.1, 0.15) is 5.82 Å². The number of pyridine rings is 1. The van der Waals surface area contributed by atoms with Gasteiger partial charge >= 0.3 is 0 Å². The number of anilines is 2. The van der Waals surface area contributed by atoms with Crippen LogP contribution in [-0.4, -0.2) is 20.6 Å². The molecule has 0 radical (unpaired) electrons. The van der Waals surface area contributed by atoms with Gasteiger partial charge in [-0.05, 0) is 73.5 Å². The lowest BCUT2D eigenvalue weighted by Crippen LogP contribution is -2.15. The lowest BCUT2D eigenvalue weighted by molar-refractivity contribution is 0.627. The van der Waals surface area contributed by atoms with Crippen molar-refractivity contribution in [1.29, 1.82) is 0 Å². The fraction of sp³-hybridized carbons (Fsp3) is 0.115. The van der Waals surface area contributed by atoms with Crippen LogP contribution in [0.3, 0.4) is 0 Å². The number of fused-ring (bicyclic) bond motifs is 2. The molecule has 1 aliphatic heterocycles. The Morgan fingerprint density at radius 3 is 2.59 bits per heavy atom. The van der Waals surface area contributed by atoms with Crippen molar-refractivity contribution in [3.8, 4) is 17.1 Å². The van der Waals surface area contributed by atoms with E-state index < -0.39 is 0 Å². The summed E-state index contributed by atoms with van der Waals surface area (Å²) in [6.07, 6.45) is 5.76. The molecule has 5 nitrogen and oxygen atoms in total. The maximum atomic E-state index is 13.7. The maximum Gasteiger partial charge on any atom is 0.123 e. The van der Waals surface area contributed by atoms with Gasteiger partial charge < -0.3 is 9.88 Å². The van der Waals surface area contributed by atoms with E-state index in [1.54, 1.807) is 24.5 Å². The van der Waals surface area contributed by atoms with E-state index in [1.165, 1.54) is 12.1 Å². The van der Waals surface area contributed by atoms with Crippen molar-refractivity contribution in [3.63, 3.8) is 0 Å². The third kappa shape index (κ3) is 3.50. The lowest BCUT2D eigenvalue weighted by Gasteiger charge is -2.20. The second kappa shape index (κ2) is 7.57. The van der Waals surface area contributed by atoms with Gasteiger partial charge in [0.05, 0.1) is 51.4 Å². The molecule has 1 saturated carbocycles. The van der Waals surface area contributed by atoms with Gasteiger partial charge in [-0.25, -0.2) is 9.37 Å². The van der Waals surface area contributed by atoms with Crippen molar-refractivity contribution >= 4 is 22.4 Å². The standard InChI is InChI=1S/C26H20FN5/c27-17-7-11-20(12-8-17)32-25-6-2-1-5-21(25)31-24-14-22(30-19-4-3-13-28-16-19)23(15-26(24)32)29-18-9-10-18/h1-8,11-16,18,30H,9-10H2. The second-order valence-electron chi connectivity index (χ2n) is 8.00. The predicted molar refractivity (Wildman–Crippen MR) is 124 cm³/mol. The van der Waals surface area contributed by atoms with Crippen LogP contribution < -0.4 is 10.7 Å². The molecular formula is C26H20FN5. The zero-order valence-corrected chi connectivity index (χ0v) is 17.2. The normalized spacial score (nSPS) is 14.2. The van der Waals surface area contributed by atoms with Crippen molar-refractivity contribution in [2.45, 2.75) is 18.9 Å². The highest BCUT2D eigenvalue weighted by Crippen LogP contribution is 2.31. The summed E-state index contributed by atoms with van der Waals surface area (Å²) < 4.78 is 15.8. The number of rotatable bonds is 4. The monoisotopic (exact) mass is 421 g/mol. The molecule has 2 heterocycles. The number of hydrogen-bond acceptors (Lipinski definition) is 4. The summed E-state index contributed by atoms with van der Waals surface area (Å²) in [5.41, 5.74) is 6.23. The minimum Gasteiger partial charge on any atom is -0.352 e. The first kappa shape index (κ1) is 18.7. The van der Waals surface area contributed by atoms with Crippen molar-refractivity contribution in [1.82, 2.24) is 14.5 Å². The molecule has 156 valence electrons. The molecule has 0 spiro atoms. The summed E-state index contributed by atoms with van der Waals surface area (Å²) in [7, 11) is 0. The molecule has 3 aromatic rings. The number of para-hydroxylation sites is 2. The molecule has 6 rings (SSSR count). The van der Waals surface area contributed by atoms with Crippen LogP contribution in [0.15, 0.2) is 90.2 Å². The molecule has 0 saturated heterocycles. The van der Waals surface area contributed by atoms with E-state index in [2.05, 4.69) is 20.9 Å². The molecule has 1 aromatic heterocycles. The van der Waals surface area contributed by atoms with Gasteiger partial charge in [-0.15, -0.1) is 0 Å². The Morgan fingerprint density at radius 1 is 0.969 bits per heavy atom. The van der Waals surface area contributed by atoms with Crippen LogP contribution in [-0.2, 0) is 0 Å². The topological polar surface area (TPSA) is 55.1 Å². The van der Waals surface area contributed by atoms with Crippen LogP contribution in [0.2, 0.25) is 0 Å². The number of aromatic nitrogens is 3. The molecule has 32 heavy (non-hydrogen) atoms. The summed E-state index contributed by atoms with van der Waals surface area (Å²) in [6.45, 7) is 0. The third-order valence-corrected chi connectivity index (χ3v) is 5.59. The Hall–Kier alpha value is -4.06.